The Morgan fingerprint density at radius 3 is 2.78 bits per heavy atom. The summed E-state index contributed by atoms with van der Waals surface area (Å²) >= 11 is 3.39. The summed E-state index contributed by atoms with van der Waals surface area (Å²) in [5, 5.41) is 10.4. The minimum absolute atomic E-state index is 0.563. The standard InChI is InChI=1S/C14H14BrNO2/c1-2-18-12-8-4-3-6-10(12)14(17)13-11(15)7-5-9-16-13/h3-9,14,17H,2H2,1H3. The van der Waals surface area contributed by atoms with Crippen LogP contribution in [0.5, 0.6) is 5.75 Å². The molecule has 1 atom stereocenters. The van der Waals surface area contributed by atoms with E-state index in [9.17, 15) is 5.11 Å². The van der Waals surface area contributed by atoms with Crippen LogP contribution in [0.2, 0.25) is 0 Å². The molecule has 0 saturated heterocycles. The van der Waals surface area contributed by atoms with Gasteiger partial charge in [-0.1, -0.05) is 18.2 Å². The number of hydrogen-bond donors (Lipinski definition) is 1. The number of benzene rings is 1. The van der Waals surface area contributed by atoms with Gasteiger partial charge in [0, 0.05) is 16.2 Å². The maximum atomic E-state index is 10.4. The van der Waals surface area contributed by atoms with E-state index < -0.39 is 6.10 Å². The molecular weight excluding hydrogens is 294 g/mol. The van der Waals surface area contributed by atoms with Gasteiger partial charge in [0.15, 0.2) is 0 Å². The van der Waals surface area contributed by atoms with Gasteiger partial charge in [-0.05, 0) is 41.1 Å². The largest absolute Gasteiger partial charge is 0.493 e. The highest BCUT2D eigenvalue weighted by Crippen LogP contribution is 2.32. The van der Waals surface area contributed by atoms with Crippen LogP contribution in [0.3, 0.4) is 0 Å². The Balaban J connectivity index is 2.40. The van der Waals surface area contributed by atoms with Gasteiger partial charge in [0.25, 0.3) is 0 Å². The molecule has 0 aliphatic carbocycles. The van der Waals surface area contributed by atoms with E-state index in [1.807, 2.05) is 43.3 Å². The van der Waals surface area contributed by atoms with Crippen molar-refractivity contribution in [3.05, 3.63) is 58.3 Å². The summed E-state index contributed by atoms with van der Waals surface area (Å²) in [6, 6.07) is 11.1. The van der Waals surface area contributed by atoms with Gasteiger partial charge < -0.3 is 9.84 Å². The number of nitrogens with zero attached hydrogens (tertiary/aromatic N) is 1. The molecule has 2 aromatic rings. The molecular formula is C14H14BrNO2. The van der Waals surface area contributed by atoms with E-state index >= 15 is 0 Å². The number of aliphatic hydroxyl groups is 1. The van der Waals surface area contributed by atoms with Gasteiger partial charge in [0.05, 0.1) is 12.3 Å². The van der Waals surface area contributed by atoms with E-state index in [1.54, 1.807) is 6.20 Å². The summed E-state index contributed by atoms with van der Waals surface area (Å²) in [7, 11) is 0. The van der Waals surface area contributed by atoms with Crippen LogP contribution in [-0.4, -0.2) is 16.7 Å². The topological polar surface area (TPSA) is 42.4 Å². The second-order valence-corrected chi connectivity index (χ2v) is 4.60. The SMILES string of the molecule is CCOc1ccccc1C(O)c1ncccc1Br. The van der Waals surface area contributed by atoms with Gasteiger partial charge in [-0.2, -0.15) is 0 Å². The summed E-state index contributed by atoms with van der Waals surface area (Å²) in [5.74, 6) is 0.685. The zero-order valence-electron chi connectivity index (χ0n) is 10.0. The van der Waals surface area contributed by atoms with Crippen LogP contribution in [0.25, 0.3) is 0 Å². The molecule has 0 fully saturated rings. The molecule has 2 rings (SSSR count). The Labute approximate surface area is 115 Å². The second kappa shape index (κ2) is 5.98. The van der Waals surface area contributed by atoms with Crippen molar-refractivity contribution in [1.82, 2.24) is 4.98 Å². The Morgan fingerprint density at radius 2 is 2.06 bits per heavy atom. The van der Waals surface area contributed by atoms with E-state index in [4.69, 9.17) is 4.74 Å². The fraction of sp³-hybridized carbons (Fsp3) is 0.214. The molecule has 0 aliphatic heterocycles. The molecule has 3 nitrogen and oxygen atoms in total. The summed E-state index contributed by atoms with van der Waals surface area (Å²) in [5.41, 5.74) is 1.31. The number of aromatic nitrogens is 1. The summed E-state index contributed by atoms with van der Waals surface area (Å²) in [6.45, 7) is 2.48. The van der Waals surface area contributed by atoms with Gasteiger partial charge >= 0.3 is 0 Å². The first kappa shape index (κ1) is 13.1. The number of hydrogen-bond acceptors (Lipinski definition) is 3. The lowest BCUT2D eigenvalue weighted by molar-refractivity contribution is 0.206. The Kier molecular flexibility index (Phi) is 4.33. The lowest BCUT2D eigenvalue weighted by Crippen LogP contribution is -2.06. The highest BCUT2D eigenvalue weighted by atomic mass is 79.9. The quantitative estimate of drug-likeness (QED) is 0.942. The van der Waals surface area contributed by atoms with Crippen LogP contribution in [0.1, 0.15) is 24.3 Å². The van der Waals surface area contributed by atoms with Crippen molar-refractivity contribution < 1.29 is 9.84 Å². The van der Waals surface area contributed by atoms with E-state index in [-0.39, 0.29) is 0 Å². The molecule has 1 N–H and O–H groups in total. The fourth-order valence-corrected chi connectivity index (χ4v) is 2.21. The Hall–Kier alpha value is -1.39. The summed E-state index contributed by atoms with van der Waals surface area (Å²) < 4.78 is 6.30. The van der Waals surface area contributed by atoms with E-state index in [1.165, 1.54) is 0 Å². The van der Waals surface area contributed by atoms with E-state index in [0.29, 0.717) is 18.1 Å². The minimum Gasteiger partial charge on any atom is -0.493 e. The minimum atomic E-state index is -0.802. The maximum absolute atomic E-state index is 10.4. The molecule has 1 unspecified atom stereocenters. The molecule has 1 aromatic carbocycles. The highest BCUT2D eigenvalue weighted by Gasteiger charge is 2.18. The first-order valence-corrected chi connectivity index (χ1v) is 6.53. The van der Waals surface area contributed by atoms with Crippen molar-refractivity contribution in [3.8, 4) is 5.75 Å². The third-order valence-corrected chi connectivity index (χ3v) is 3.23. The van der Waals surface area contributed by atoms with Gasteiger partial charge in [-0.15, -0.1) is 0 Å². The average molecular weight is 308 g/mol. The van der Waals surface area contributed by atoms with Crippen molar-refractivity contribution in [2.24, 2.45) is 0 Å². The molecule has 1 heterocycles. The number of para-hydroxylation sites is 1. The number of ether oxygens (including phenoxy) is 1. The van der Waals surface area contributed by atoms with Crippen LogP contribution in [0.15, 0.2) is 47.1 Å². The number of pyridine rings is 1. The molecule has 1 aromatic heterocycles. The predicted molar refractivity (Wildman–Crippen MR) is 73.6 cm³/mol. The molecule has 4 heteroatoms. The van der Waals surface area contributed by atoms with Crippen molar-refractivity contribution in [2.45, 2.75) is 13.0 Å². The molecule has 0 amide bonds. The van der Waals surface area contributed by atoms with Crippen LogP contribution in [0, 0.1) is 0 Å². The summed E-state index contributed by atoms with van der Waals surface area (Å²) in [6.07, 6.45) is 0.857. The smallest absolute Gasteiger partial charge is 0.126 e. The zero-order chi connectivity index (χ0) is 13.0. The first-order valence-electron chi connectivity index (χ1n) is 5.74. The maximum Gasteiger partial charge on any atom is 0.126 e. The molecule has 0 aliphatic rings. The molecule has 18 heavy (non-hydrogen) atoms. The molecule has 0 spiro atoms. The second-order valence-electron chi connectivity index (χ2n) is 3.74. The van der Waals surface area contributed by atoms with Gasteiger partial charge in [0.1, 0.15) is 11.9 Å². The summed E-state index contributed by atoms with van der Waals surface area (Å²) in [4.78, 5) is 4.20. The average Bonchev–Trinajstić information content (AvgIpc) is 2.40. The first-order chi connectivity index (χ1) is 8.74. The third kappa shape index (κ3) is 2.71. The predicted octanol–water partition coefficient (Wildman–Crippen LogP) is 3.32. The third-order valence-electron chi connectivity index (χ3n) is 2.56. The van der Waals surface area contributed by atoms with Gasteiger partial charge in [-0.3, -0.25) is 4.98 Å². The van der Waals surface area contributed by atoms with Crippen LogP contribution >= 0.6 is 15.9 Å². The van der Waals surface area contributed by atoms with Crippen molar-refractivity contribution in [1.29, 1.82) is 0 Å². The van der Waals surface area contributed by atoms with Crippen LogP contribution < -0.4 is 4.74 Å². The van der Waals surface area contributed by atoms with Gasteiger partial charge in [0.2, 0.25) is 0 Å². The highest BCUT2D eigenvalue weighted by molar-refractivity contribution is 9.10. The molecule has 0 radical (unpaired) electrons. The van der Waals surface area contributed by atoms with Crippen molar-refractivity contribution in [3.63, 3.8) is 0 Å². The zero-order valence-corrected chi connectivity index (χ0v) is 11.6. The fourth-order valence-electron chi connectivity index (χ4n) is 1.74. The van der Waals surface area contributed by atoms with Crippen molar-refractivity contribution >= 4 is 15.9 Å². The monoisotopic (exact) mass is 307 g/mol. The Morgan fingerprint density at radius 1 is 1.28 bits per heavy atom. The molecule has 0 bridgehead atoms. The molecule has 94 valence electrons. The lowest BCUT2D eigenvalue weighted by atomic mass is 10.0. The number of aliphatic hydroxyl groups excluding tert-OH is 1. The van der Waals surface area contributed by atoms with E-state index in [2.05, 4.69) is 20.9 Å². The molecule has 0 saturated carbocycles. The van der Waals surface area contributed by atoms with E-state index in [0.717, 1.165) is 10.0 Å². The van der Waals surface area contributed by atoms with Gasteiger partial charge in [-0.25, -0.2) is 0 Å². The number of rotatable bonds is 4. The number of halogens is 1. The Bertz CT molecular complexity index is 531. The van der Waals surface area contributed by atoms with Crippen molar-refractivity contribution in [2.75, 3.05) is 6.61 Å². The van der Waals surface area contributed by atoms with Crippen LogP contribution in [0.4, 0.5) is 0 Å². The van der Waals surface area contributed by atoms with Crippen LogP contribution in [-0.2, 0) is 0 Å². The normalized spacial score (nSPS) is 12.2. The lowest BCUT2D eigenvalue weighted by Gasteiger charge is -2.16.